The molecule has 0 bridgehead atoms. The topological polar surface area (TPSA) is 75.3 Å². The predicted octanol–water partition coefficient (Wildman–Crippen LogP) is 2.66. The molecule has 2 rings (SSSR count). The minimum absolute atomic E-state index is 0.0897. The molecule has 8 heteroatoms. The van der Waals surface area contributed by atoms with E-state index < -0.39 is 11.8 Å². The Kier molecular flexibility index (Phi) is 4.42. The van der Waals surface area contributed by atoms with Gasteiger partial charge in [0.15, 0.2) is 5.69 Å². The summed E-state index contributed by atoms with van der Waals surface area (Å²) in [7, 11) is 0. The highest BCUT2D eigenvalue weighted by molar-refractivity contribution is 9.10. The number of aromatic nitrogens is 2. The van der Waals surface area contributed by atoms with Crippen molar-refractivity contribution < 1.29 is 19.4 Å². The van der Waals surface area contributed by atoms with E-state index in [1.807, 2.05) is 0 Å². The van der Waals surface area contributed by atoms with Crippen molar-refractivity contribution >= 4 is 33.5 Å². The maximum atomic E-state index is 13.2. The van der Waals surface area contributed by atoms with E-state index in [1.54, 1.807) is 0 Å². The standard InChI is InChI=1S/C12H9BrClFN2O3/c13-8-3-7(15)4-9(14)11(8)17-5-6(1-2-18)10(16-17)12(19)20/h3-5,18H,1-2H2,(H,19,20). The van der Waals surface area contributed by atoms with E-state index in [1.165, 1.54) is 16.9 Å². The molecular weight excluding hydrogens is 354 g/mol. The molecule has 1 heterocycles. The van der Waals surface area contributed by atoms with Crippen molar-refractivity contribution in [1.82, 2.24) is 9.78 Å². The Morgan fingerprint density at radius 2 is 2.20 bits per heavy atom. The Morgan fingerprint density at radius 3 is 2.75 bits per heavy atom. The van der Waals surface area contributed by atoms with Gasteiger partial charge in [0, 0.05) is 22.8 Å². The van der Waals surface area contributed by atoms with Gasteiger partial charge in [0.25, 0.3) is 0 Å². The summed E-state index contributed by atoms with van der Waals surface area (Å²) in [5, 5.41) is 22.0. The second-order valence-corrected chi connectivity index (χ2v) is 5.21. The number of hydrogen-bond acceptors (Lipinski definition) is 3. The average molecular weight is 364 g/mol. The van der Waals surface area contributed by atoms with Crippen LogP contribution in [0.25, 0.3) is 5.69 Å². The lowest BCUT2D eigenvalue weighted by molar-refractivity contribution is 0.0688. The van der Waals surface area contributed by atoms with Crippen LogP contribution < -0.4 is 0 Å². The monoisotopic (exact) mass is 362 g/mol. The van der Waals surface area contributed by atoms with Gasteiger partial charge in [-0.05, 0) is 34.5 Å². The summed E-state index contributed by atoms with van der Waals surface area (Å²) in [5.74, 6) is -1.73. The molecule has 0 unspecified atom stereocenters. The molecule has 1 aromatic heterocycles. The summed E-state index contributed by atoms with van der Waals surface area (Å²) in [4.78, 5) is 11.1. The molecule has 2 N–H and O–H groups in total. The highest BCUT2D eigenvalue weighted by Gasteiger charge is 2.19. The summed E-state index contributed by atoms with van der Waals surface area (Å²) in [6.45, 7) is -0.204. The number of aliphatic hydroxyl groups is 1. The summed E-state index contributed by atoms with van der Waals surface area (Å²) in [5.41, 5.74) is 0.526. The van der Waals surface area contributed by atoms with Crippen LogP contribution in [0.15, 0.2) is 22.8 Å². The van der Waals surface area contributed by atoms with Crippen molar-refractivity contribution in [2.24, 2.45) is 0 Å². The Labute approximate surface area is 126 Å². The van der Waals surface area contributed by atoms with Crippen LogP contribution in [0.1, 0.15) is 16.1 Å². The highest BCUT2D eigenvalue weighted by Crippen LogP contribution is 2.30. The minimum Gasteiger partial charge on any atom is -0.476 e. The Bertz CT molecular complexity index is 652. The zero-order chi connectivity index (χ0) is 14.9. The first-order valence-corrected chi connectivity index (χ1v) is 6.68. The average Bonchev–Trinajstić information content (AvgIpc) is 2.72. The van der Waals surface area contributed by atoms with Gasteiger partial charge in [0.05, 0.1) is 10.7 Å². The van der Waals surface area contributed by atoms with E-state index in [-0.39, 0.29) is 23.7 Å². The van der Waals surface area contributed by atoms with E-state index in [4.69, 9.17) is 21.8 Å². The zero-order valence-electron chi connectivity index (χ0n) is 9.98. The molecule has 0 fully saturated rings. The number of benzene rings is 1. The Morgan fingerprint density at radius 1 is 1.50 bits per heavy atom. The van der Waals surface area contributed by atoms with Crippen LogP contribution >= 0.6 is 27.5 Å². The molecule has 2 aromatic rings. The normalized spacial score (nSPS) is 10.8. The van der Waals surface area contributed by atoms with E-state index in [9.17, 15) is 9.18 Å². The number of carboxylic acid groups (broad SMARTS) is 1. The van der Waals surface area contributed by atoms with Crippen LogP contribution in [0.4, 0.5) is 4.39 Å². The maximum absolute atomic E-state index is 13.2. The molecular formula is C12H9BrClFN2O3. The van der Waals surface area contributed by atoms with Crippen molar-refractivity contribution in [1.29, 1.82) is 0 Å². The molecule has 0 atom stereocenters. The molecule has 1 aromatic carbocycles. The van der Waals surface area contributed by atoms with Crippen LogP contribution in [0.2, 0.25) is 5.02 Å². The van der Waals surface area contributed by atoms with Gasteiger partial charge in [-0.1, -0.05) is 11.6 Å². The fraction of sp³-hybridized carbons (Fsp3) is 0.167. The SMILES string of the molecule is O=C(O)c1nn(-c2c(Cl)cc(F)cc2Br)cc1CCO. The van der Waals surface area contributed by atoms with Gasteiger partial charge >= 0.3 is 5.97 Å². The van der Waals surface area contributed by atoms with E-state index in [0.29, 0.717) is 15.7 Å². The summed E-state index contributed by atoms with van der Waals surface area (Å²) < 4.78 is 14.8. The highest BCUT2D eigenvalue weighted by atomic mass is 79.9. The second kappa shape index (κ2) is 5.90. The van der Waals surface area contributed by atoms with Crippen molar-refractivity contribution in [3.63, 3.8) is 0 Å². The molecule has 106 valence electrons. The lowest BCUT2D eigenvalue weighted by Gasteiger charge is -2.07. The van der Waals surface area contributed by atoms with Crippen LogP contribution in [-0.2, 0) is 6.42 Å². The summed E-state index contributed by atoms with van der Waals surface area (Å²) in [6.07, 6.45) is 1.60. The van der Waals surface area contributed by atoms with Crippen LogP contribution in [0, 0.1) is 5.82 Å². The number of carboxylic acids is 1. The number of aromatic carboxylic acids is 1. The minimum atomic E-state index is -1.21. The van der Waals surface area contributed by atoms with Crippen molar-refractivity contribution in [3.05, 3.63) is 44.9 Å². The van der Waals surface area contributed by atoms with Gasteiger partial charge in [-0.15, -0.1) is 0 Å². The lowest BCUT2D eigenvalue weighted by Crippen LogP contribution is -2.04. The van der Waals surface area contributed by atoms with Gasteiger partial charge in [0.1, 0.15) is 5.82 Å². The number of hydrogen-bond donors (Lipinski definition) is 2. The third-order valence-electron chi connectivity index (χ3n) is 2.58. The quantitative estimate of drug-likeness (QED) is 0.876. The summed E-state index contributed by atoms with van der Waals surface area (Å²) in [6, 6.07) is 2.31. The lowest BCUT2D eigenvalue weighted by atomic mass is 10.2. The fourth-order valence-corrected chi connectivity index (χ4v) is 2.78. The first kappa shape index (κ1) is 15.0. The number of halogens is 3. The number of nitrogens with zero attached hydrogens (tertiary/aromatic N) is 2. The molecule has 0 amide bonds. The smallest absolute Gasteiger partial charge is 0.356 e. The van der Waals surface area contributed by atoms with Gasteiger partial charge in [0.2, 0.25) is 0 Å². The van der Waals surface area contributed by atoms with Crippen molar-refractivity contribution in [2.45, 2.75) is 6.42 Å². The number of carbonyl (C=O) groups is 1. The third-order valence-corrected chi connectivity index (χ3v) is 3.48. The van der Waals surface area contributed by atoms with Crippen molar-refractivity contribution in [3.8, 4) is 5.69 Å². The molecule has 0 aliphatic heterocycles. The van der Waals surface area contributed by atoms with E-state index >= 15 is 0 Å². The van der Waals surface area contributed by atoms with Gasteiger partial charge in [-0.3, -0.25) is 0 Å². The molecule has 0 saturated carbocycles. The predicted molar refractivity (Wildman–Crippen MR) is 74.0 cm³/mol. The summed E-state index contributed by atoms with van der Waals surface area (Å²) >= 11 is 9.12. The van der Waals surface area contributed by atoms with Gasteiger partial charge in [-0.25, -0.2) is 13.9 Å². The number of rotatable bonds is 4. The van der Waals surface area contributed by atoms with E-state index in [0.717, 1.165) is 6.07 Å². The fourth-order valence-electron chi connectivity index (χ4n) is 1.76. The Balaban J connectivity index is 2.59. The van der Waals surface area contributed by atoms with Crippen LogP contribution in [0.5, 0.6) is 0 Å². The zero-order valence-corrected chi connectivity index (χ0v) is 12.3. The molecule has 20 heavy (non-hydrogen) atoms. The Hall–Kier alpha value is -1.44. The molecule has 0 saturated heterocycles. The third kappa shape index (κ3) is 2.84. The second-order valence-electron chi connectivity index (χ2n) is 3.94. The molecule has 5 nitrogen and oxygen atoms in total. The van der Waals surface area contributed by atoms with Gasteiger partial charge < -0.3 is 10.2 Å². The van der Waals surface area contributed by atoms with Crippen LogP contribution in [0.3, 0.4) is 0 Å². The molecule has 0 aliphatic carbocycles. The molecule has 0 aliphatic rings. The maximum Gasteiger partial charge on any atom is 0.356 e. The number of aliphatic hydroxyl groups excluding tert-OH is 1. The van der Waals surface area contributed by atoms with E-state index in [2.05, 4.69) is 21.0 Å². The van der Waals surface area contributed by atoms with Gasteiger partial charge in [-0.2, -0.15) is 5.10 Å². The molecule has 0 spiro atoms. The van der Waals surface area contributed by atoms with Crippen LogP contribution in [-0.4, -0.2) is 32.6 Å². The largest absolute Gasteiger partial charge is 0.476 e. The van der Waals surface area contributed by atoms with Crippen molar-refractivity contribution in [2.75, 3.05) is 6.61 Å². The first-order valence-electron chi connectivity index (χ1n) is 5.51. The molecule has 0 radical (unpaired) electrons. The first-order chi connectivity index (χ1) is 9.43.